The van der Waals surface area contributed by atoms with Crippen LogP contribution in [0.15, 0.2) is 36.4 Å². The molecule has 35 heavy (non-hydrogen) atoms. The minimum atomic E-state index is 0.0242. The van der Waals surface area contributed by atoms with Crippen molar-refractivity contribution in [2.75, 3.05) is 50.8 Å². The zero-order chi connectivity index (χ0) is 24.2. The second kappa shape index (κ2) is 10.7. The Kier molecular flexibility index (Phi) is 7.27. The first-order chi connectivity index (χ1) is 17.1. The van der Waals surface area contributed by atoms with Gasteiger partial charge < -0.3 is 19.4 Å². The van der Waals surface area contributed by atoms with Gasteiger partial charge in [-0.3, -0.25) is 9.59 Å². The molecule has 1 saturated carbocycles. The molecule has 1 aromatic carbocycles. The van der Waals surface area contributed by atoms with Crippen molar-refractivity contribution in [2.24, 2.45) is 5.92 Å². The first-order valence-electron chi connectivity index (χ1n) is 12.9. The fourth-order valence-corrected chi connectivity index (χ4v) is 5.00. The van der Waals surface area contributed by atoms with Gasteiger partial charge in [-0.2, -0.15) is 0 Å². The summed E-state index contributed by atoms with van der Waals surface area (Å²) in [7, 11) is 0. The standard InChI is InChI=1S/C27H35N5O3/c1-20-7-9-21(10-8-20)24-11-12-25(29-28-24)30-13-15-31(16-14-30)26(33)19-32(18-23-6-3-17-35-23)27(34)22-4-2-5-22/h7-12,22-23H,2-6,13-19H2,1H3/t23-/m1/s1. The van der Waals surface area contributed by atoms with Crippen LogP contribution in [0, 0.1) is 12.8 Å². The highest BCUT2D eigenvalue weighted by Gasteiger charge is 2.33. The van der Waals surface area contributed by atoms with E-state index >= 15 is 0 Å². The Hall–Kier alpha value is -3.00. The molecule has 0 bridgehead atoms. The number of aromatic nitrogens is 2. The lowest BCUT2D eigenvalue weighted by Crippen LogP contribution is -2.53. The van der Waals surface area contributed by atoms with Crippen LogP contribution in [0.2, 0.25) is 0 Å². The molecule has 186 valence electrons. The van der Waals surface area contributed by atoms with E-state index in [1.54, 1.807) is 4.90 Å². The Morgan fingerprint density at radius 2 is 1.74 bits per heavy atom. The Balaban J connectivity index is 1.15. The number of hydrogen-bond donors (Lipinski definition) is 0. The molecule has 2 saturated heterocycles. The third-order valence-corrected chi connectivity index (χ3v) is 7.49. The van der Waals surface area contributed by atoms with Crippen LogP contribution >= 0.6 is 0 Å². The molecule has 0 unspecified atom stereocenters. The molecule has 8 heteroatoms. The minimum Gasteiger partial charge on any atom is -0.376 e. The van der Waals surface area contributed by atoms with E-state index in [0.29, 0.717) is 32.7 Å². The molecule has 1 aromatic heterocycles. The minimum absolute atomic E-state index is 0.0242. The number of piperazine rings is 1. The van der Waals surface area contributed by atoms with Gasteiger partial charge in [0.25, 0.3) is 0 Å². The molecule has 1 aliphatic carbocycles. The van der Waals surface area contributed by atoms with Gasteiger partial charge in [0.15, 0.2) is 5.82 Å². The normalized spacial score (nSPS) is 20.5. The average Bonchev–Trinajstić information content (AvgIpc) is 3.36. The van der Waals surface area contributed by atoms with Gasteiger partial charge in [0.05, 0.1) is 18.3 Å². The molecule has 8 nitrogen and oxygen atoms in total. The zero-order valence-corrected chi connectivity index (χ0v) is 20.6. The molecular weight excluding hydrogens is 442 g/mol. The van der Waals surface area contributed by atoms with Gasteiger partial charge in [0.2, 0.25) is 11.8 Å². The molecule has 5 rings (SSSR count). The summed E-state index contributed by atoms with van der Waals surface area (Å²) >= 11 is 0. The van der Waals surface area contributed by atoms with Crippen molar-refractivity contribution in [3.8, 4) is 11.3 Å². The molecule has 3 fully saturated rings. The van der Waals surface area contributed by atoms with Crippen LogP contribution in [0.5, 0.6) is 0 Å². The lowest BCUT2D eigenvalue weighted by atomic mass is 9.84. The SMILES string of the molecule is Cc1ccc(-c2ccc(N3CCN(C(=O)CN(C[C@H]4CCCO4)C(=O)C4CCC4)CC3)nn2)cc1. The number of hydrogen-bond acceptors (Lipinski definition) is 6. The summed E-state index contributed by atoms with van der Waals surface area (Å²) < 4.78 is 5.76. The predicted molar refractivity (Wildman–Crippen MR) is 134 cm³/mol. The molecule has 0 spiro atoms. The van der Waals surface area contributed by atoms with Gasteiger partial charge >= 0.3 is 0 Å². The van der Waals surface area contributed by atoms with Crippen LogP contribution < -0.4 is 4.90 Å². The zero-order valence-electron chi connectivity index (χ0n) is 20.6. The van der Waals surface area contributed by atoms with Crippen LogP contribution in [0.25, 0.3) is 11.3 Å². The molecule has 2 aromatic rings. The van der Waals surface area contributed by atoms with Crippen molar-refractivity contribution in [3.05, 3.63) is 42.0 Å². The summed E-state index contributed by atoms with van der Waals surface area (Å²) in [6, 6.07) is 12.3. The fraction of sp³-hybridized carbons (Fsp3) is 0.556. The summed E-state index contributed by atoms with van der Waals surface area (Å²) in [5, 5.41) is 8.86. The Morgan fingerprint density at radius 3 is 2.34 bits per heavy atom. The fourth-order valence-electron chi connectivity index (χ4n) is 5.00. The summed E-state index contributed by atoms with van der Waals surface area (Å²) in [6.45, 7) is 6.14. The van der Waals surface area contributed by atoms with Crippen LogP contribution in [-0.2, 0) is 14.3 Å². The third-order valence-electron chi connectivity index (χ3n) is 7.49. The Morgan fingerprint density at radius 1 is 0.971 bits per heavy atom. The lowest BCUT2D eigenvalue weighted by molar-refractivity contribution is -0.146. The quantitative estimate of drug-likeness (QED) is 0.610. The van der Waals surface area contributed by atoms with Crippen molar-refractivity contribution in [3.63, 3.8) is 0 Å². The van der Waals surface area contributed by atoms with E-state index in [1.165, 1.54) is 5.56 Å². The van der Waals surface area contributed by atoms with E-state index in [0.717, 1.165) is 55.8 Å². The van der Waals surface area contributed by atoms with E-state index in [1.807, 2.05) is 17.0 Å². The maximum absolute atomic E-state index is 13.1. The molecule has 0 N–H and O–H groups in total. The number of aryl methyl sites for hydroxylation is 1. The average molecular weight is 478 g/mol. The second-order valence-electron chi connectivity index (χ2n) is 9.99. The van der Waals surface area contributed by atoms with E-state index in [9.17, 15) is 9.59 Å². The number of carbonyl (C=O) groups excluding carboxylic acids is 2. The van der Waals surface area contributed by atoms with Crippen molar-refractivity contribution < 1.29 is 14.3 Å². The number of amides is 2. The van der Waals surface area contributed by atoms with Gasteiger partial charge in [0, 0.05) is 50.8 Å². The number of rotatable bonds is 7. The maximum atomic E-state index is 13.1. The summed E-state index contributed by atoms with van der Waals surface area (Å²) in [6.07, 6.45) is 5.04. The highest BCUT2D eigenvalue weighted by atomic mass is 16.5. The number of nitrogens with zero attached hydrogens (tertiary/aromatic N) is 5. The predicted octanol–water partition coefficient (Wildman–Crippen LogP) is 2.91. The van der Waals surface area contributed by atoms with Crippen molar-refractivity contribution >= 4 is 17.6 Å². The van der Waals surface area contributed by atoms with Crippen molar-refractivity contribution in [2.45, 2.75) is 45.1 Å². The van der Waals surface area contributed by atoms with E-state index in [4.69, 9.17) is 4.74 Å². The van der Waals surface area contributed by atoms with E-state index in [2.05, 4.69) is 46.3 Å². The highest BCUT2D eigenvalue weighted by molar-refractivity contribution is 5.86. The second-order valence-corrected chi connectivity index (χ2v) is 9.99. The van der Waals surface area contributed by atoms with Gasteiger partial charge in [0.1, 0.15) is 0 Å². The molecule has 3 aliphatic rings. The summed E-state index contributed by atoms with van der Waals surface area (Å²) in [5.74, 6) is 1.06. The third kappa shape index (κ3) is 5.64. The van der Waals surface area contributed by atoms with Crippen molar-refractivity contribution in [1.82, 2.24) is 20.0 Å². The van der Waals surface area contributed by atoms with Gasteiger partial charge in [-0.15, -0.1) is 10.2 Å². The molecule has 1 atom stereocenters. The topological polar surface area (TPSA) is 78.9 Å². The van der Waals surface area contributed by atoms with Gasteiger partial charge in [-0.25, -0.2) is 0 Å². The Labute approximate surface area is 207 Å². The van der Waals surface area contributed by atoms with Crippen LogP contribution in [0.3, 0.4) is 0 Å². The molecular formula is C27H35N5O3. The number of benzene rings is 1. The van der Waals surface area contributed by atoms with Crippen LogP contribution in [0.4, 0.5) is 5.82 Å². The van der Waals surface area contributed by atoms with Gasteiger partial charge in [-0.1, -0.05) is 36.2 Å². The lowest BCUT2D eigenvalue weighted by Gasteiger charge is -2.37. The molecule has 2 aliphatic heterocycles. The summed E-state index contributed by atoms with van der Waals surface area (Å²) in [5.41, 5.74) is 3.12. The van der Waals surface area contributed by atoms with Crippen LogP contribution in [0.1, 0.15) is 37.7 Å². The molecule has 2 amide bonds. The first-order valence-corrected chi connectivity index (χ1v) is 12.9. The van der Waals surface area contributed by atoms with Crippen molar-refractivity contribution in [1.29, 1.82) is 0 Å². The van der Waals surface area contributed by atoms with Gasteiger partial charge in [-0.05, 0) is 44.7 Å². The number of ether oxygens (including phenoxy) is 1. The van der Waals surface area contributed by atoms with E-state index < -0.39 is 0 Å². The first kappa shape index (κ1) is 23.7. The molecule has 0 radical (unpaired) electrons. The monoisotopic (exact) mass is 477 g/mol. The largest absolute Gasteiger partial charge is 0.376 e. The maximum Gasteiger partial charge on any atom is 0.242 e. The van der Waals surface area contributed by atoms with Crippen LogP contribution in [-0.4, -0.2) is 83.8 Å². The molecule has 3 heterocycles. The Bertz CT molecular complexity index is 1010. The highest BCUT2D eigenvalue weighted by Crippen LogP contribution is 2.29. The summed E-state index contributed by atoms with van der Waals surface area (Å²) in [4.78, 5) is 31.9. The number of carbonyl (C=O) groups is 2. The van der Waals surface area contributed by atoms with E-state index in [-0.39, 0.29) is 30.4 Å². The number of anilines is 1. The smallest absolute Gasteiger partial charge is 0.242 e.